The van der Waals surface area contributed by atoms with E-state index in [1.807, 2.05) is 19.1 Å². The van der Waals surface area contributed by atoms with Crippen LogP contribution < -0.4 is 19.7 Å². The lowest BCUT2D eigenvalue weighted by Crippen LogP contribution is -2.44. The zero-order valence-corrected chi connectivity index (χ0v) is 18.3. The van der Waals surface area contributed by atoms with Crippen molar-refractivity contribution in [2.75, 3.05) is 44.8 Å². The van der Waals surface area contributed by atoms with E-state index in [0.717, 1.165) is 31.9 Å². The van der Waals surface area contributed by atoms with E-state index in [-0.39, 0.29) is 18.2 Å². The molecule has 1 N–H and O–H groups in total. The standard InChI is InChI=1S/C24H26N4O4/c1-3-32-21-15-16(7-8-20(21)31-2)18(9-10-25)28-23(29)17-5-4-6-19(22(17)24(28)30)27-13-11-26-12-14-27/h4-8,15,18,26H,3,9,11-14H2,1-2H3. The molecule has 2 aliphatic heterocycles. The number of imide groups is 1. The second kappa shape index (κ2) is 9.28. The van der Waals surface area contributed by atoms with Gasteiger partial charge in [-0.25, -0.2) is 0 Å². The van der Waals surface area contributed by atoms with E-state index in [0.29, 0.717) is 34.8 Å². The number of nitrogens with zero attached hydrogens (tertiary/aromatic N) is 3. The molecule has 1 atom stereocenters. The first kappa shape index (κ1) is 21.7. The average molecular weight is 434 g/mol. The summed E-state index contributed by atoms with van der Waals surface area (Å²) < 4.78 is 11.0. The van der Waals surface area contributed by atoms with Crippen molar-refractivity contribution in [2.45, 2.75) is 19.4 Å². The maximum absolute atomic E-state index is 13.6. The molecule has 0 spiro atoms. The first-order valence-electron chi connectivity index (χ1n) is 10.7. The molecule has 0 aromatic heterocycles. The maximum atomic E-state index is 13.6. The second-order valence-corrected chi connectivity index (χ2v) is 7.64. The first-order valence-corrected chi connectivity index (χ1v) is 10.7. The van der Waals surface area contributed by atoms with Crippen LogP contribution in [0.2, 0.25) is 0 Å². The van der Waals surface area contributed by atoms with Crippen LogP contribution in [0, 0.1) is 11.3 Å². The third-order valence-corrected chi connectivity index (χ3v) is 5.85. The highest BCUT2D eigenvalue weighted by Crippen LogP contribution is 2.39. The van der Waals surface area contributed by atoms with Crippen molar-refractivity contribution < 1.29 is 19.1 Å². The Morgan fingerprint density at radius 3 is 2.59 bits per heavy atom. The number of amides is 2. The minimum Gasteiger partial charge on any atom is -0.493 e. The Bertz CT molecular complexity index is 1070. The highest BCUT2D eigenvalue weighted by atomic mass is 16.5. The van der Waals surface area contributed by atoms with Crippen molar-refractivity contribution in [1.82, 2.24) is 10.2 Å². The molecule has 1 saturated heterocycles. The number of nitrogens with one attached hydrogen (secondary N) is 1. The van der Waals surface area contributed by atoms with Gasteiger partial charge in [0.25, 0.3) is 11.8 Å². The summed E-state index contributed by atoms with van der Waals surface area (Å²) in [4.78, 5) is 30.3. The van der Waals surface area contributed by atoms with Crippen LogP contribution in [0.3, 0.4) is 0 Å². The van der Waals surface area contributed by atoms with Crippen LogP contribution in [0.15, 0.2) is 36.4 Å². The van der Waals surface area contributed by atoms with Crippen LogP contribution in [0.5, 0.6) is 11.5 Å². The van der Waals surface area contributed by atoms with Crippen molar-refractivity contribution in [3.05, 3.63) is 53.1 Å². The lowest BCUT2D eigenvalue weighted by atomic mass is 10.0. The van der Waals surface area contributed by atoms with Crippen LogP contribution in [0.25, 0.3) is 0 Å². The van der Waals surface area contributed by atoms with Crippen LogP contribution in [-0.2, 0) is 0 Å². The van der Waals surface area contributed by atoms with Crippen LogP contribution in [-0.4, -0.2) is 56.6 Å². The van der Waals surface area contributed by atoms with Gasteiger partial charge < -0.3 is 19.7 Å². The quantitative estimate of drug-likeness (QED) is 0.670. The molecule has 2 amide bonds. The predicted molar refractivity (Wildman–Crippen MR) is 119 cm³/mol. The maximum Gasteiger partial charge on any atom is 0.264 e. The fraction of sp³-hybridized carbons (Fsp3) is 0.375. The molecule has 2 heterocycles. The number of fused-ring (bicyclic) bond motifs is 1. The zero-order valence-electron chi connectivity index (χ0n) is 18.3. The number of hydrogen-bond acceptors (Lipinski definition) is 7. The minimum absolute atomic E-state index is 0.0215. The molecule has 0 bridgehead atoms. The predicted octanol–water partition coefficient (Wildman–Crippen LogP) is 2.75. The van der Waals surface area contributed by atoms with Crippen LogP contribution >= 0.6 is 0 Å². The summed E-state index contributed by atoms with van der Waals surface area (Å²) in [5.74, 6) is 0.312. The summed E-state index contributed by atoms with van der Waals surface area (Å²) in [6, 6.07) is 12.0. The lowest BCUT2D eigenvalue weighted by Gasteiger charge is -2.30. The monoisotopic (exact) mass is 434 g/mol. The van der Waals surface area contributed by atoms with Crippen molar-refractivity contribution in [1.29, 1.82) is 5.26 Å². The highest BCUT2D eigenvalue weighted by Gasteiger charge is 2.43. The van der Waals surface area contributed by atoms with Gasteiger partial charge >= 0.3 is 0 Å². The fourth-order valence-corrected chi connectivity index (χ4v) is 4.35. The number of ether oxygens (including phenoxy) is 2. The topological polar surface area (TPSA) is 94.9 Å². The van der Waals surface area contributed by atoms with E-state index in [4.69, 9.17) is 9.47 Å². The Morgan fingerprint density at radius 2 is 1.91 bits per heavy atom. The summed E-state index contributed by atoms with van der Waals surface area (Å²) in [6.45, 7) is 5.45. The third-order valence-electron chi connectivity index (χ3n) is 5.85. The molecule has 32 heavy (non-hydrogen) atoms. The highest BCUT2D eigenvalue weighted by molar-refractivity contribution is 6.24. The fourth-order valence-electron chi connectivity index (χ4n) is 4.35. The zero-order chi connectivity index (χ0) is 22.7. The van der Waals surface area contributed by atoms with Gasteiger partial charge in [-0.1, -0.05) is 12.1 Å². The van der Waals surface area contributed by atoms with Crippen molar-refractivity contribution >= 4 is 17.5 Å². The number of nitriles is 1. The number of rotatable bonds is 7. The molecular weight excluding hydrogens is 408 g/mol. The molecule has 1 unspecified atom stereocenters. The minimum atomic E-state index is -0.728. The van der Waals surface area contributed by atoms with Gasteiger partial charge in [-0.05, 0) is 36.8 Å². The molecule has 2 aliphatic rings. The molecule has 8 heteroatoms. The molecular formula is C24H26N4O4. The number of carbonyl (C=O) groups is 2. The number of carbonyl (C=O) groups excluding carboxylic acids is 2. The van der Waals surface area contributed by atoms with E-state index in [9.17, 15) is 14.9 Å². The summed E-state index contributed by atoms with van der Waals surface area (Å²) in [7, 11) is 1.55. The average Bonchev–Trinajstić information content (AvgIpc) is 3.08. The van der Waals surface area contributed by atoms with E-state index in [1.54, 1.807) is 31.4 Å². The van der Waals surface area contributed by atoms with E-state index in [1.165, 1.54) is 4.90 Å². The summed E-state index contributed by atoms with van der Waals surface area (Å²) in [5, 5.41) is 12.8. The van der Waals surface area contributed by atoms with Gasteiger partial charge in [-0.3, -0.25) is 14.5 Å². The Hall–Kier alpha value is -3.57. The SMILES string of the molecule is CCOc1cc(C(CC#N)N2C(=O)c3cccc(N4CCNCC4)c3C2=O)ccc1OC. The van der Waals surface area contributed by atoms with Crippen molar-refractivity contribution in [3.63, 3.8) is 0 Å². The summed E-state index contributed by atoms with van der Waals surface area (Å²) in [5.41, 5.74) is 2.22. The Balaban J connectivity index is 1.74. The van der Waals surface area contributed by atoms with E-state index < -0.39 is 6.04 Å². The molecule has 166 valence electrons. The van der Waals surface area contributed by atoms with Gasteiger partial charge in [0, 0.05) is 26.2 Å². The normalized spacial score (nSPS) is 16.5. The Labute approximate surface area is 187 Å². The van der Waals surface area contributed by atoms with Gasteiger partial charge in [0.05, 0.1) is 49.1 Å². The van der Waals surface area contributed by atoms with Crippen molar-refractivity contribution in [2.24, 2.45) is 0 Å². The second-order valence-electron chi connectivity index (χ2n) is 7.64. The van der Waals surface area contributed by atoms with E-state index in [2.05, 4.69) is 16.3 Å². The molecule has 0 radical (unpaired) electrons. The number of piperazine rings is 1. The molecule has 2 aromatic carbocycles. The number of benzene rings is 2. The van der Waals surface area contributed by atoms with E-state index >= 15 is 0 Å². The van der Waals surface area contributed by atoms with Gasteiger partial charge in [0.2, 0.25) is 0 Å². The number of methoxy groups -OCH3 is 1. The Morgan fingerprint density at radius 1 is 1.12 bits per heavy atom. The van der Waals surface area contributed by atoms with Gasteiger partial charge in [0.1, 0.15) is 0 Å². The summed E-state index contributed by atoms with van der Waals surface area (Å²) in [6.07, 6.45) is -0.0215. The molecule has 0 saturated carbocycles. The number of anilines is 1. The van der Waals surface area contributed by atoms with Crippen molar-refractivity contribution in [3.8, 4) is 17.6 Å². The van der Waals surface area contributed by atoms with Gasteiger partial charge in [0.15, 0.2) is 11.5 Å². The first-order chi connectivity index (χ1) is 15.6. The Kier molecular flexibility index (Phi) is 6.28. The molecule has 0 aliphatic carbocycles. The van der Waals surface area contributed by atoms with Crippen LogP contribution in [0.1, 0.15) is 45.7 Å². The molecule has 8 nitrogen and oxygen atoms in total. The van der Waals surface area contributed by atoms with Gasteiger partial charge in [-0.15, -0.1) is 0 Å². The molecule has 1 fully saturated rings. The smallest absolute Gasteiger partial charge is 0.264 e. The lowest BCUT2D eigenvalue weighted by molar-refractivity contribution is 0.0584. The summed E-state index contributed by atoms with van der Waals surface area (Å²) >= 11 is 0. The number of hydrogen-bond donors (Lipinski definition) is 1. The molecule has 2 aromatic rings. The van der Waals surface area contributed by atoms with Crippen LogP contribution in [0.4, 0.5) is 5.69 Å². The molecule has 4 rings (SSSR count). The third kappa shape index (κ3) is 3.76. The van der Waals surface area contributed by atoms with Gasteiger partial charge in [-0.2, -0.15) is 5.26 Å². The largest absolute Gasteiger partial charge is 0.493 e.